The molecule has 0 saturated carbocycles. The SMILES string of the molecule is CC(C)(C)C(=O)c1ccc(CCCC(=O)O)cc1. The Morgan fingerprint density at radius 1 is 1.11 bits per heavy atom. The zero-order valence-electron chi connectivity index (χ0n) is 11.2. The van der Waals surface area contributed by atoms with Crippen molar-refractivity contribution in [3.8, 4) is 0 Å². The number of Topliss-reactive ketones (excluding diaryl/α,β-unsaturated/α-hetero) is 1. The summed E-state index contributed by atoms with van der Waals surface area (Å²) in [5.74, 6) is -0.644. The van der Waals surface area contributed by atoms with Crippen LogP contribution in [0.25, 0.3) is 0 Å². The molecule has 18 heavy (non-hydrogen) atoms. The first-order valence-electron chi connectivity index (χ1n) is 6.16. The third kappa shape index (κ3) is 4.32. The molecule has 0 bridgehead atoms. The lowest BCUT2D eigenvalue weighted by Gasteiger charge is -2.16. The highest BCUT2D eigenvalue weighted by molar-refractivity contribution is 5.99. The number of ketones is 1. The van der Waals surface area contributed by atoms with Gasteiger partial charge in [-0.1, -0.05) is 45.0 Å². The number of hydrogen-bond donors (Lipinski definition) is 1. The van der Waals surface area contributed by atoms with Crippen LogP contribution < -0.4 is 0 Å². The molecule has 0 aliphatic rings. The molecular formula is C15H20O3. The molecule has 0 aliphatic carbocycles. The molecule has 98 valence electrons. The fourth-order valence-corrected chi connectivity index (χ4v) is 1.70. The van der Waals surface area contributed by atoms with Gasteiger partial charge in [-0.15, -0.1) is 0 Å². The number of carboxylic acids is 1. The Bertz CT molecular complexity index is 424. The number of carboxylic acid groups (broad SMARTS) is 1. The molecule has 0 spiro atoms. The summed E-state index contributed by atoms with van der Waals surface area (Å²) in [6.45, 7) is 5.70. The van der Waals surface area contributed by atoms with E-state index in [1.165, 1.54) is 0 Å². The highest BCUT2D eigenvalue weighted by atomic mass is 16.4. The predicted octanol–water partition coefficient (Wildman–Crippen LogP) is 3.32. The van der Waals surface area contributed by atoms with Crippen molar-refractivity contribution >= 4 is 11.8 Å². The second-order valence-electron chi connectivity index (χ2n) is 5.52. The van der Waals surface area contributed by atoms with Crippen LogP contribution in [0.2, 0.25) is 0 Å². The van der Waals surface area contributed by atoms with E-state index < -0.39 is 5.97 Å². The van der Waals surface area contributed by atoms with Crippen molar-refractivity contribution < 1.29 is 14.7 Å². The standard InChI is InChI=1S/C15H20O3/c1-15(2,3)14(18)12-9-7-11(8-10-12)5-4-6-13(16)17/h7-10H,4-6H2,1-3H3,(H,16,17). The van der Waals surface area contributed by atoms with Crippen LogP contribution in [0, 0.1) is 5.41 Å². The monoisotopic (exact) mass is 248 g/mol. The third-order valence-electron chi connectivity index (χ3n) is 2.75. The molecule has 0 heterocycles. The van der Waals surface area contributed by atoms with E-state index in [0.29, 0.717) is 12.0 Å². The van der Waals surface area contributed by atoms with E-state index in [0.717, 1.165) is 12.0 Å². The smallest absolute Gasteiger partial charge is 0.303 e. The van der Waals surface area contributed by atoms with Gasteiger partial charge in [-0.25, -0.2) is 0 Å². The Kier molecular flexibility index (Phi) is 4.65. The Hall–Kier alpha value is -1.64. The molecule has 0 aliphatic heterocycles. The van der Waals surface area contributed by atoms with E-state index in [2.05, 4.69) is 0 Å². The van der Waals surface area contributed by atoms with Crippen molar-refractivity contribution in [1.29, 1.82) is 0 Å². The second-order valence-corrected chi connectivity index (χ2v) is 5.52. The van der Waals surface area contributed by atoms with E-state index in [-0.39, 0.29) is 17.6 Å². The van der Waals surface area contributed by atoms with Gasteiger partial charge in [-0.2, -0.15) is 0 Å². The number of benzene rings is 1. The van der Waals surface area contributed by atoms with Crippen molar-refractivity contribution in [2.45, 2.75) is 40.0 Å². The van der Waals surface area contributed by atoms with Crippen molar-refractivity contribution in [2.24, 2.45) is 5.41 Å². The van der Waals surface area contributed by atoms with Crippen molar-refractivity contribution in [2.75, 3.05) is 0 Å². The van der Waals surface area contributed by atoms with Crippen LogP contribution in [0.4, 0.5) is 0 Å². The molecule has 3 nitrogen and oxygen atoms in total. The summed E-state index contributed by atoms with van der Waals surface area (Å²) in [5.41, 5.74) is 1.41. The molecule has 1 aromatic carbocycles. The summed E-state index contributed by atoms with van der Waals surface area (Å²) in [6, 6.07) is 7.45. The average molecular weight is 248 g/mol. The Morgan fingerprint density at radius 2 is 1.67 bits per heavy atom. The van der Waals surface area contributed by atoms with Gasteiger partial charge in [0.05, 0.1) is 0 Å². The van der Waals surface area contributed by atoms with Gasteiger partial charge >= 0.3 is 5.97 Å². The number of aliphatic carboxylic acids is 1. The predicted molar refractivity (Wildman–Crippen MR) is 70.8 cm³/mol. The Labute approximate surface area is 108 Å². The summed E-state index contributed by atoms with van der Waals surface area (Å²) >= 11 is 0. The molecule has 0 fully saturated rings. The second kappa shape index (κ2) is 5.80. The van der Waals surface area contributed by atoms with Crippen molar-refractivity contribution in [3.63, 3.8) is 0 Å². The van der Waals surface area contributed by atoms with E-state index in [4.69, 9.17) is 5.11 Å². The van der Waals surface area contributed by atoms with Gasteiger partial charge in [-0.3, -0.25) is 9.59 Å². The lowest BCUT2D eigenvalue weighted by atomic mass is 9.86. The van der Waals surface area contributed by atoms with E-state index in [1.807, 2.05) is 45.0 Å². The number of carbonyl (C=O) groups is 2. The fourth-order valence-electron chi connectivity index (χ4n) is 1.70. The minimum atomic E-state index is -0.769. The normalized spacial score (nSPS) is 11.3. The van der Waals surface area contributed by atoms with Gasteiger partial charge < -0.3 is 5.11 Å². The van der Waals surface area contributed by atoms with Gasteiger partial charge in [0.2, 0.25) is 0 Å². The van der Waals surface area contributed by atoms with Crippen LogP contribution in [-0.4, -0.2) is 16.9 Å². The van der Waals surface area contributed by atoms with Crippen LogP contribution >= 0.6 is 0 Å². The average Bonchev–Trinajstić information content (AvgIpc) is 2.27. The molecule has 0 radical (unpaired) electrons. The molecule has 3 heteroatoms. The number of hydrogen-bond acceptors (Lipinski definition) is 2. The van der Waals surface area contributed by atoms with Gasteiger partial charge in [-0.05, 0) is 18.4 Å². The molecular weight excluding hydrogens is 228 g/mol. The zero-order chi connectivity index (χ0) is 13.8. The zero-order valence-corrected chi connectivity index (χ0v) is 11.2. The van der Waals surface area contributed by atoms with Crippen LogP contribution in [0.1, 0.15) is 49.5 Å². The maximum Gasteiger partial charge on any atom is 0.303 e. The van der Waals surface area contributed by atoms with Gasteiger partial charge in [0.1, 0.15) is 0 Å². The van der Waals surface area contributed by atoms with Crippen LogP contribution in [0.3, 0.4) is 0 Å². The lowest BCUT2D eigenvalue weighted by molar-refractivity contribution is -0.137. The van der Waals surface area contributed by atoms with Crippen LogP contribution in [-0.2, 0) is 11.2 Å². The van der Waals surface area contributed by atoms with E-state index in [9.17, 15) is 9.59 Å². The van der Waals surface area contributed by atoms with Crippen molar-refractivity contribution in [1.82, 2.24) is 0 Å². The highest BCUT2D eigenvalue weighted by Gasteiger charge is 2.22. The maximum absolute atomic E-state index is 12.0. The number of aryl methyl sites for hydroxylation is 1. The molecule has 1 N–H and O–H groups in total. The van der Waals surface area contributed by atoms with Crippen LogP contribution in [0.5, 0.6) is 0 Å². The first kappa shape index (κ1) is 14.4. The van der Waals surface area contributed by atoms with E-state index >= 15 is 0 Å². The van der Waals surface area contributed by atoms with Gasteiger partial charge in [0.25, 0.3) is 0 Å². The van der Waals surface area contributed by atoms with E-state index in [1.54, 1.807) is 0 Å². The molecule has 0 unspecified atom stereocenters. The minimum Gasteiger partial charge on any atom is -0.481 e. The Balaban J connectivity index is 2.63. The van der Waals surface area contributed by atoms with Gasteiger partial charge in [0, 0.05) is 17.4 Å². The molecule has 0 atom stereocenters. The lowest BCUT2D eigenvalue weighted by Crippen LogP contribution is -2.20. The summed E-state index contributed by atoms with van der Waals surface area (Å²) in [7, 11) is 0. The van der Waals surface area contributed by atoms with Crippen molar-refractivity contribution in [3.05, 3.63) is 35.4 Å². The first-order chi connectivity index (χ1) is 8.30. The summed E-state index contributed by atoms with van der Waals surface area (Å²) < 4.78 is 0. The number of carbonyl (C=O) groups excluding carboxylic acids is 1. The quantitative estimate of drug-likeness (QED) is 0.813. The molecule has 0 amide bonds. The fraction of sp³-hybridized carbons (Fsp3) is 0.467. The summed E-state index contributed by atoms with van der Waals surface area (Å²) in [5, 5.41) is 8.55. The maximum atomic E-state index is 12.0. The Morgan fingerprint density at radius 3 is 2.11 bits per heavy atom. The molecule has 0 saturated heterocycles. The first-order valence-corrected chi connectivity index (χ1v) is 6.16. The summed E-state index contributed by atoms with van der Waals surface area (Å²) in [4.78, 5) is 22.4. The largest absolute Gasteiger partial charge is 0.481 e. The minimum absolute atomic E-state index is 0.125. The third-order valence-corrected chi connectivity index (χ3v) is 2.75. The highest BCUT2D eigenvalue weighted by Crippen LogP contribution is 2.21. The molecule has 1 aromatic rings. The number of rotatable bonds is 5. The van der Waals surface area contributed by atoms with Gasteiger partial charge in [0.15, 0.2) is 5.78 Å². The topological polar surface area (TPSA) is 54.4 Å². The molecule has 1 rings (SSSR count). The molecule has 0 aromatic heterocycles. The van der Waals surface area contributed by atoms with Crippen LogP contribution in [0.15, 0.2) is 24.3 Å². The summed E-state index contributed by atoms with van der Waals surface area (Å²) in [6.07, 6.45) is 1.54.